The highest BCUT2D eigenvalue weighted by molar-refractivity contribution is 5.80. The number of rotatable bonds is 5. The predicted molar refractivity (Wildman–Crippen MR) is 92.9 cm³/mol. The van der Waals surface area contributed by atoms with Crippen molar-refractivity contribution in [3.8, 4) is 0 Å². The first-order chi connectivity index (χ1) is 12.2. The number of hydrogen-bond acceptors (Lipinski definition) is 5. The van der Waals surface area contributed by atoms with Gasteiger partial charge in [-0.1, -0.05) is 18.2 Å². The highest BCUT2D eigenvalue weighted by Crippen LogP contribution is 2.23. The zero-order valence-corrected chi connectivity index (χ0v) is 14.1. The second-order valence-corrected chi connectivity index (χ2v) is 6.45. The van der Waals surface area contributed by atoms with Gasteiger partial charge in [0, 0.05) is 17.8 Å². The molecule has 0 bridgehead atoms. The van der Waals surface area contributed by atoms with E-state index in [9.17, 15) is 4.79 Å². The quantitative estimate of drug-likeness (QED) is 0.740. The Kier molecular flexibility index (Phi) is 4.23. The molecule has 4 rings (SSSR count). The summed E-state index contributed by atoms with van der Waals surface area (Å²) in [6, 6.07) is 9.88. The molecule has 2 aromatic heterocycles. The predicted octanol–water partition coefficient (Wildman–Crippen LogP) is 1.81. The molecule has 1 aromatic carbocycles. The van der Waals surface area contributed by atoms with Gasteiger partial charge in [0.1, 0.15) is 23.5 Å². The number of amides is 1. The van der Waals surface area contributed by atoms with Crippen molar-refractivity contribution < 1.29 is 9.21 Å². The molecule has 7 heteroatoms. The molecule has 1 aliphatic heterocycles. The lowest BCUT2D eigenvalue weighted by Gasteiger charge is -2.23. The minimum absolute atomic E-state index is 0.0441. The van der Waals surface area contributed by atoms with Gasteiger partial charge in [-0.3, -0.25) is 4.79 Å². The fraction of sp³-hybridized carbons (Fsp3) is 0.389. The maximum atomic E-state index is 12.2. The third-order valence-corrected chi connectivity index (χ3v) is 4.61. The minimum Gasteiger partial charge on any atom is -0.459 e. The molecule has 2 N–H and O–H groups in total. The maximum absolute atomic E-state index is 12.2. The van der Waals surface area contributed by atoms with Gasteiger partial charge in [0.05, 0.1) is 19.1 Å². The minimum atomic E-state index is -0.171. The smallest absolute Gasteiger partial charge is 0.234 e. The maximum Gasteiger partial charge on any atom is 0.234 e. The van der Waals surface area contributed by atoms with Gasteiger partial charge >= 0.3 is 0 Å². The Labute approximate surface area is 145 Å². The summed E-state index contributed by atoms with van der Waals surface area (Å²) < 4.78 is 7.70. The summed E-state index contributed by atoms with van der Waals surface area (Å²) in [5.74, 6) is 1.73. The van der Waals surface area contributed by atoms with Gasteiger partial charge in [0.2, 0.25) is 5.91 Å². The largest absolute Gasteiger partial charge is 0.459 e. The van der Waals surface area contributed by atoms with Crippen LogP contribution >= 0.6 is 0 Å². The average molecular weight is 339 g/mol. The van der Waals surface area contributed by atoms with Gasteiger partial charge in [0.25, 0.3) is 0 Å². The van der Waals surface area contributed by atoms with Crippen molar-refractivity contribution in [1.29, 1.82) is 0 Å². The van der Waals surface area contributed by atoms with Crippen LogP contribution in [0.15, 0.2) is 41.1 Å². The first-order valence-electron chi connectivity index (χ1n) is 8.57. The fourth-order valence-corrected chi connectivity index (χ4v) is 3.22. The number of hydrogen-bond donors (Lipinski definition) is 2. The standard InChI is InChI=1S/C18H21N5O2/c1-12(16-8-13-4-2-3-5-15(13)25-16)22-18(24)9-19-14-6-7-17-20-11-21-23(17)10-14/h2-5,8,11-12,14,19H,6-7,9-10H2,1H3,(H,22,24)/t12-,14-/m0/s1. The van der Waals surface area contributed by atoms with Crippen LogP contribution in [-0.4, -0.2) is 33.3 Å². The summed E-state index contributed by atoms with van der Waals surface area (Å²) in [4.78, 5) is 16.4. The fourth-order valence-electron chi connectivity index (χ4n) is 3.22. The number of nitrogens with one attached hydrogen (secondary N) is 2. The van der Waals surface area contributed by atoms with Crippen LogP contribution < -0.4 is 10.6 Å². The SMILES string of the molecule is C[C@H](NC(=O)CN[C@H]1CCc2ncnn2C1)c1cc2ccccc2o1. The van der Waals surface area contributed by atoms with E-state index in [4.69, 9.17) is 4.42 Å². The lowest BCUT2D eigenvalue weighted by atomic mass is 10.1. The normalized spacial score (nSPS) is 18.0. The van der Waals surface area contributed by atoms with Crippen LogP contribution in [0.25, 0.3) is 11.0 Å². The molecule has 0 spiro atoms. The Bertz CT molecular complexity index is 851. The van der Waals surface area contributed by atoms with Crippen molar-refractivity contribution in [2.45, 2.75) is 38.4 Å². The molecule has 0 saturated heterocycles. The summed E-state index contributed by atoms with van der Waals surface area (Å²) in [6.07, 6.45) is 3.43. The van der Waals surface area contributed by atoms with Crippen molar-refractivity contribution in [2.24, 2.45) is 0 Å². The number of carbonyl (C=O) groups excluding carboxylic acids is 1. The average Bonchev–Trinajstić information content (AvgIpc) is 3.25. The third-order valence-electron chi connectivity index (χ3n) is 4.61. The van der Waals surface area contributed by atoms with E-state index < -0.39 is 0 Å². The number of carbonyl (C=O) groups is 1. The Morgan fingerprint density at radius 2 is 2.32 bits per heavy atom. The van der Waals surface area contributed by atoms with Crippen LogP contribution in [0.5, 0.6) is 0 Å². The van der Waals surface area contributed by atoms with Crippen LogP contribution in [0.2, 0.25) is 0 Å². The second kappa shape index (κ2) is 6.68. The number of para-hydroxylation sites is 1. The third kappa shape index (κ3) is 3.41. The molecule has 0 unspecified atom stereocenters. The first kappa shape index (κ1) is 15.8. The summed E-state index contributed by atoms with van der Waals surface area (Å²) in [5, 5.41) is 11.5. The molecule has 1 amide bonds. The molecule has 3 aromatic rings. The summed E-state index contributed by atoms with van der Waals surface area (Å²) in [7, 11) is 0. The van der Waals surface area contributed by atoms with Gasteiger partial charge in [-0.05, 0) is 25.5 Å². The lowest BCUT2D eigenvalue weighted by molar-refractivity contribution is -0.121. The second-order valence-electron chi connectivity index (χ2n) is 6.45. The van der Waals surface area contributed by atoms with Crippen LogP contribution in [0.4, 0.5) is 0 Å². The molecule has 1 aliphatic rings. The van der Waals surface area contributed by atoms with Crippen molar-refractivity contribution in [1.82, 2.24) is 25.4 Å². The zero-order chi connectivity index (χ0) is 17.2. The molecule has 3 heterocycles. The number of furan rings is 1. The van der Waals surface area contributed by atoms with Crippen molar-refractivity contribution in [2.75, 3.05) is 6.54 Å². The van der Waals surface area contributed by atoms with Gasteiger partial charge in [0.15, 0.2) is 0 Å². The first-order valence-corrected chi connectivity index (χ1v) is 8.57. The van der Waals surface area contributed by atoms with E-state index in [0.717, 1.165) is 41.9 Å². The van der Waals surface area contributed by atoms with Crippen LogP contribution in [-0.2, 0) is 17.8 Å². The highest BCUT2D eigenvalue weighted by atomic mass is 16.3. The Balaban J connectivity index is 1.30. The van der Waals surface area contributed by atoms with E-state index in [1.165, 1.54) is 0 Å². The molecule has 7 nitrogen and oxygen atoms in total. The van der Waals surface area contributed by atoms with E-state index >= 15 is 0 Å². The molecule has 0 fully saturated rings. The zero-order valence-electron chi connectivity index (χ0n) is 14.1. The summed E-state index contributed by atoms with van der Waals surface area (Å²) in [6.45, 7) is 2.96. The van der Waals surface area contributed by atoms with Gasteiger partial charge < -0.3 is 15.1 Å². The summed E-state index contributed by atoms with van der Waals surface area (Å²) in [5.41, 5.74) is 0.836. The molecule has 2 atom stereocenters. The van der Waals surface area contributed by atoms with Crippen LogP contribution in [0.3, 0.4) is 0 Å². The number of fused-ring (bicyclic) bond motifs is 2. The van der Waals surface area contributed by atoms with E-state index in [1.54, 1.807) is 6.33 Å². The van der Waals surface area contributed by atoms with Gasteiger partial charge in [-0.15, -0.1) is 0 Å². The van der Waals surface area contributed by atoms with Gasteiger partial charge in [-0.2, -0.15) is 5.10 Å². The molecule has 25 heavy (non-hydrogen) atoms. The Morgan fingerprint density at radius 1 is 1.44 bits per heavy atom. The number of benzene rings is 1. The lowest BCUT2D eigenvalue weighted by Crippen LogP contribution is -2.43. The van der Waals surface area contributed by atoms with Crippen LogP contribution in [0, 0.1) is 0 Å². The van der Waals surface area contributed by atoms with Crippen molar-refractivity contribution in [3.63, 3.8) is 0 Å². The highest BCUT2D eigenvalue weighted by Gasteiger charge is 2.20. The van der Waals surface area contributed by atoms with Crippen molar-refractivity contribution >= 4 is 16.9 Å². The molecular formula is C18H21N5O2. The van der Waals surface area contributed by atoms with E-state index in [1.807, 2.05) is 41.9 Å². The monoisotopic (exact) mass is 339 g/mol. The van der Waals surface area contributed by atoms with E-state index in [-0.39, 0.29) is 24.5 Å². The molecule has 0 saturated carbocycles. The molecule has 0 aliphatic carbocycles. The topological polar surface area (TPSA) is 85.0 Å². The number of aromatic nitrogens is 3. The molecule has 0 radical (unpaired) electrons. The van der Waals surface area contributed by atoms with Crippen molar-refractivity contribution in [3.05, 3.63) is 48.2 Å². The molecular weight excluding hydrogens is 318 g/mol. The number of nitrogens with zero attached hydrogens (tertiary/aromatic N) is 3. The molecule has 130 valence electrons. The Hall–Kier alpha value is -2.67. The Morgan fingerprint density at radius 3 is 3.20 bits per heavy atom. The summed E-state index contributed by atoms with van der Waals surface area (Å²) >= 11 is 0. The van der Waals surface area contributed by atoms with E-state index in [2.05, 4.69) is 20.7 Å². The van der Waals surface area contributed by atoms with Crippen LogP contribution in [0.1, 0.15) is 31.0 Å². The number of aryl methyl sites for hydroxylation is 1. The van der Waals surface area contributed by atoms with Gasteiger partial charge in [-0.25, -0.2) is 9.67 Å². The van der Waals surface area contributed by atoms with E-state index in [0.29, 0.717) is 0 Å².